The molecule has 0 aliphatic heterocycles. The molecule has 0 bridgehead atoms. The number of carbonyl (C=O) groups excluding carboxylic acids is 1. The van der Waals surface area contributed by atoms with E-state index in [4.69, 9.17) is 5.73 Å². The number of carboxylic acid groups (broad SMARTS) is 1. The number of hydrogen-bond donors (Lipinski definition) is 2. The van der Waals surface area contributed by atoms with Gasteiger partial charge in [-0.3, -0.25) is 23.5 Å². The van der Waals surface area contributed by atoms with Crippen LogP contribution in [0.1, 0.15) is 34.2 Å². The summed E-state index contributed by atoms with van der Waals surface area (Å²) in [6, 6.07) is 5.97. The van der Waals surface area contributed by atoms with Crippen molar-refractivity contribution in [3.05, 3.63) is 66.7 Å². The number of nitrogens with zero attached hydrogens (tertiary/aromatic N) is 4. The van der Waals surface area contributed by atoms with Crippen LogP contribution in [0.3, 0.4) is 0 Å². The van der Waals surface area contributed by atoms with Gasteiger partial charge in [-0.25, -0.2) is 14.3 Å². The van der Waals surface area contributed by atoms with Crippen LogP contribution in [-0.2, 0) is 20.1 Å². The number of aromatic carboxylic acids is 1. The Morgan fingerprint density at radius 3 is 2.33 bits per heavy atom. The van der Waals surface area contributed by atoms with Crippen molar-refractivity contribution in [2.45, 2.75) is 26.4 Å². The number of aromatic nitrogens is 4. The minimum atomic E-state index is -1.38. The van der Waals surface area contributed by atoms with Gasteiger partial charge in [0.15, 0.2) is 11.5 Å². The molecule has 3 N–H and O–H groups in total. The van der Waals surface area contributed by atoms with Crippen LogP contribution in [-0.4, -0.2) is 35.8 Å². The number of fused-ring (bicyclic) bond motifs is 1. The first kappa shape index (κ1) is 20.7. The normalized spacial score (nSPS) is 11.0. The van der Waals surface area contributed by atoms with E-state index in [-0.39, 0.29) is 23.1 Å². The molecule has 0 aliphatic carbocycles. The third kappa shape index (κ3) is 3.30. The monoisotopic (exact) mass is 413 g/mol. The first-order valence-corrected chi connectivity index (χ1v) is 9.04. The summed E-state index contributed by atoms with van der Waals surface area (Å²) in [5.74, 6) is -2.54. The maximum atomic E-state index is 12.9. The Bertz CT molecular complexity index is 1360. The van der Waals surface area contributed by atoms with Crippen molar-refractivity contribution in [3.63, 3.8) is 0 Å². The number of benzene rings is 1. The Hall–Kier alpha value is -4.02. The van der Waals surface area contributed by atoms with Crippen LogP contribution in [0.25, 0.3) is 10.8 Å². The highest BCUT2D eigenvalue weighted by atomic mass is 16.4. The smallest absolute Gasteiger partial charge is 0.357 e. The fourth-order valence-electron chi connectivity index (χ4n) is 3.20. The van der Waals surface area contributed by atoms with Gasteiger partial charge >= 0.3 is 11.7 Å². The molecule has 0 amide bonds. The van der Waals surface area contributed by atoms with E-state index in [9.17, 15) is 29.1 Å². The quantitative estimate of drug-likeness (QED) is 0.527. The zero-order valence-electron chi connectivity index (χ0n) is 16.3. The molecule has 0 unspecified atom stereocenters. The first-order valence-electron chi connectivity index (χ1n) is 9.04. The second-order valence-electron chi connectivity index (χ2n) is 6.64. The number of carbonyl (C=O) groups is 2. The lowest BCUT2D eigenvalue weighted by Gasteiger charge is -2.14. The van der Waals surface area contributed by atoms with E-state index in [0.29, 0.717) is 11.1 Å². The van der Waals surface area contributed by atoms with E-state index < -0.39 is 46.4 Å². The average Bonchev–Trinajstić information content (AvgIpc) is 2.71. The molecule has 11 nitrogen and oxygen atoms in total. The van der Waals surface area contributed by atoms with Gasteiger partial charge in [-0.05, 0) is 12.5 Å². The van der Waals surface area contributed by atoms with E-state index in [1.807, 2.05) is 0 Å². The van der Waals surface area contributed by atoms with Gasteiger partial charge in [-0.15, -0.1) is 0 Å². The first-order chi connectivity index (χ1) is 14.2. The van der Waals surface area contributed by atoms with Gasteiger partial charge < -0.3 is 10.8 Å². The van der Waals surface area contributed by atoms with Gasteiger partial charge in [-0.1, -0.05) is 25.1 Å². The lowest BCUT2D eigenvalue weighted by molar-refractivity contribution is 0.0688. The van der Waals surface area contributed by atoms with Crippen LogP contribution >= 0.6 is 0 Å². The standard InChI is InChI=1S/C19H19N5O6/c1-3-8-23-15(20)13(17(27)22(2)19(23)30)12(25)9-24-16(26)11-7-5-4-6-10(11)14(21-24)18(28)29/h4-7H,3,8-9,20H2,1-2H3,(H,28,29). The van der Waals surface area contributed by atoms with Crippen molar-refractivity contribution >= 4 is 28.3 Å². The number of anilines is 1. The molecule has 0 fully saturated rings. The molecular formula is C19H19N5O6. The Balaban J connectivity index is 2.19. The molecule has 156 valence electrons. The van der Waals surface area contributed by atoms with Crippen molar-refractivity contribution in [2.24, 2.45) is 7.05 Å². The third-order valence-corrected chi connectivity index (χ3v) is 4.67. The molecule has 1 aromatic carbocycles. The van der Waals surface area contributed by atoms with Crippen LogP contribution < -0.4 is 22.5 Å². The minimum Gasteiger partial charge on any atom is -0.476 e. The number of nitrogens with two attached hydrogens (primary N) is 1. The van der Waals surface area contributed by atoms with Crippen molar-refractivity contribution in [2.75, 3.05) is 5.73 Å². The molecule has 11 heteroatoms. The number of nitrogen functional groups attached to an aromatic ring is 1. The largest absolute Gasteiger partial charge is 0.476 e. The number of Topliss-reactive ketones (excluding diaryl/α,β-unsaturated/α-hetero) is 1. The number of carboxylic acids is 1. The number of rotatable bonds is 6. The highest BCUT2D eigenvalue weighted by molar-refractivity contribution is 6.02. The summed E-state index contributed by atoms with van der Waals surface area (Å²) < 4.78 is 2.55. The van der Waals surface area contributed by atoms with Crippen molar-refractivity contribution in [3.8, 4) is 0 Å². The van der Waals surface area contributed by atoms with Crippen molar-refractivity contribution < 1.29 is 14.7 Å². The lowest BCUT2D eigenvalue weighted by atomic mass is 10.1. The summed E-state index contributed by atoms with van der Waals surface area (Å²) in [5, 5.41) is 13.4. The maximum absolute atomic E-state index is 12.9. The molecule has 30 heavy (non-hydrogen) atoms. The minimum absolute atomic E-state index is 0.0644. The van der Waals surface area contributed by atoms with E-state index in [1.54, 1.807) is 19.1 Å². The van der Waals surface area contributed by atoms with Crippen LogP contribution in [0.4, 0.5) is 5.82 Å². The molecule has 0 radical (unpaired) electrons. The van der Waals surface area contributed by atoms with Gasteiger partial charge in [0.25, 0.3) is 11.1 Å². The molecule has 0 spiro atoms. The third-order valence-electron chi connectivity index (χ3n) is 4.67. The zero-order valence-corrected chi connectivity index (χ0v) is 16.3. The fourth-order valence-corrected chi connectivity index (χ4v) is 3.20. The second kappa shape index (κ2) is 7.78. The van der Waals surface area contributed by atoms with E-state index in [2.05, 4.69) is 5.10 Å². The fraction of sp³-hybridized carbons (Fsp3) is 0.263. The van der Waals surface area contributed by atoms with Crippen LogP contribution in [0, 0.1) is 0 Å². The molecule has 2 heterocycles. The van der Waals surface area contributed by atoms with Gasteiger partial charge in [0.05, 0.1) is 5.39 Å². The summed E-state index contributed by atoms with van der Waals surface area (Å²) in [5.41, 5.74) is 2.81. The Morgan fingerprint density at radius 2 is 1.73 bits per heavy atom. The molecule has 3 aromatic rings. The lowest BCUT2D eigenvalue weighted by Crippen LogP contribution is -2.43. The summed E-state index contributed by atoms with van der Waals surface area (Å²) in [6.45, 7) is 1.27. The summed E-state index contributed by atoms with van der Waals surface area (Å²) in [4.78, 5) is 61.9. The average molecular weight is 413 g/mol. The van der Waals surface area contributed by atoms with E-state index in [0.717, 1.165) is 9.13 Å². The number of ketones is 1. The Morgan fingerprint density at radius 1 is 1.10 bits per heavy atom. The molecule has 3 rings (SSSR count). The van der Waals surface area contributed by atoms with Crippen LogP contribution in [0.2, 0.25) is 0 Å². The SMILES string of the molecule is CCCn1c(N)c(C(=O)Cn2nc(C(=O)O)c3ccccc3c2=O)c(=O)n(C)c1=O. The van der Waals surface area contributed by atoms with Gasteiger partial charge in [-0.2, -0.15) is 5.10 Å². The summed E-state index contributed by atoms with van der Waals surface area (Å²) >= 11 is 0. The zero-order chi connectivity index (χ0) is 22.2. The highest BCUT2D eigenvalue weighted by Gasteiger charge is 2.23. The van der Waals surface area contributed by atoms with Gasteiger partial charge in [0.2, 0.25) is 0 Å². The Kier molecular flexibility index (Phi) is 5.37. The van der Waals surface area contributed by atoms with Crippen molar-refractivity contribution in [1.29, 1.82) is 0 Å². The Labute approximate surface area is 168 Å². The summed E-state index contributed by atoms with van der Waals surface area (Å²) in [7, 11) is 1.22. The molecular weight excluding hydrogens is 394 g/mol. The van der Waals surface area contributed by atoms with Crippen LogP contribution in [0.15, 0.2) is 38.6 Å². The van der Waals surface area contributed by atoms with Gasteiger partial charge in [0, 0.05) is 19.0 Å². The molecule has 0 aliphatic rings. The second-order valence-corrected chi connectivity index (χ2v) is 6.64. The predicted octanol–water partition coefficient (Wildman–Crippen LogP) is -0.170. The highest BCUT2D eigenvalue weighted by Crippen LogP contribution is 2.14. The van der Waals surface area contributed by atoms with E-state index >= 15 is 0 Å². The predicted molar refractivity (Wildman–Crippen MR) is 108 cm³/mol. The van der Waals surface area contributed by atoms with E-state index in [1.165, 1.54) is 19.2 Å². The van der Waals surface area contributed by atoms with Crippen LogP contribution in [0.5, 0.6) is 0 Å². The molecule has 0 atom stereocenters. The topological polar surface area (TPSA) is 159 Å². The number of hydrogen-bond acceptors (Lipinski definition) is 7. The maximum Gasteiger partial charge on any atom is 0.357 e. The van der Waals surface area contributed by atoms with Gasteiger partial charge in [0.1, 0.15) is 17.9 Å². The molecule has 2 aromatic heterocycles. The molecule has 0 saturated heterocycles. The molecule has 0 saturated carbocycles. The summed E-state index contributed by atoms with van der Waals surface area (Å²) in [6.07, 6.45) is 0.531. The van der Waals surface area contributed by atoms with Crippen molar-refractivity contribution in [1.82, 2.24) is 18.9 Å².